The highest BCUT2D eigenvalue weighted by atomic mass is 16.6. The molecule has 2 rings (SSSR count). The van der Waals surface area contributed by atoms with E-state index in [-0.39, 0.29) is 17.4 Å². The van der Waals surface area contributed by atoms with Gasteiger partial charge in [-0.3, -0.25) is 10.1 Å². The highest BCUT2D eigenvalue weighted by molar-refractivity contribution is 5.61. The third-order valence-corrected chi connectivity index (χ3v) is 3.06. The molecule has 1 heterocycles. The van der Waals surface area contributed by atoms with E-state index in [1.54, 1.807) is 38.5 Å². The molecule has 0 fully saturated rings. The van der Waals surface area contributed by atoms with Crippen molar-refractivity contribution in [3.05, 3.63) is 40.7 Å². The Morgan fingerprint density at radius 2 is 1.88 bits per heavy atom. The molecule has 0 aliphatic heterocycles. The third kappa shape index (κ3) is 4.53. The molecule has 0 saturated heterocycles. The number of anilines is 1. The molecule has 1 aromatic heterocycles. The summed E-state index contributed by atoms with van der Waals surface area (Å²) in [6.45, 7) is 1.02. The van der Waals surface area contributed by atoms with Gasteiger partial charge < -0.3 is 19.5 Å². The largest absolute Gasteiger partial charge is 0.497 e. The maximum absolute atomic E-state index is 11.4. The zero-order valence-corrected chi connectivity index (χ0v) is 13.4. The van der Waals surface area contributed by atoms with Crippen LogP contribution in [0.3, 0.4) is 0 Å². The summed E-state index contributed by atoms with van der Waals surface area (Å²) < 4.78 is 15.5. The smallest absolute Gasteiger partial charge is 0.373 e. The fraction of sp³-hybridized carbons (Fsp3) is 0.333. The maximum atomic E-state index is 11.4. The van der Waals surface area contributed by atoms with Gasteiger partial charge in [0.25, 0.3) is 0 Å². The number of methoxy groups -OCH3 is 2. The van der Waals surface area contributed by atoms with E-state index >= 15 is 0 Å². The van der Waals surface area contributed by atoms with Gasteiger partial charge >= 0.3 is 11.6 Å². The van der Waals surface area contributed by atoms with Crippen molar-refractivity contribution in [2.24, 2.45) is 0 Å². The summed E-state index contributed by atoms with van der Waals surface area (Å²) in [6.07, 6.45) is 1.90. The molecule has 0 radical (unpaired) electrons. The first-order chi connectivity index (χ1) is 11.7. The van der Waals surface area contributed by atoms with Gasteiger partial charge in [0.15, 0.2) is 0 Å². The monoisotopic (exact) mass is 334 g/mol. The summed E-state index contributed by atoms with van der Waals surface area (Å²) >= 11 is 0. The summed E-state index contributed by atoms with van der Waals surface area (Å²) in [5.74, 6) is 1.03. The van der Waals surface area contributed by atoms with Crippen molar-refractivity contribution in [1.29, 1.82) is 0 Å². The lowest BCUT2D eigenvalue weighted by molar-refractivity contribution is -0.385. The molecule has 0 unspecified atom stereocenters. The molecule has 0 saturated carbocycles. The number of hydrogen-bond donors (Lipinski definition) is 1. The standard InChI is InChI=1S/C15H18N4O5/c1-22-9-3-8-16-14-13(19(20)21)15(18-10-17-14)24-12-6-4-11(23-2)5-7-12/h4-7,10H,3,8-9H2,1-2H3,(H,16,17,18). The maximum Gasteiger partial charge on any atom is 0.373 e. The van der Waals surface area contributed by atoms with Crippen LogP contribution < -0.4 is 14.8 Å². The van der Waals surface area contributed by atoms with Crippen molar-refractivity contribution in [3.63, 3.8) is 0 Å². The van der Waals surface area contributed by atoms with Crippen molar-refractivity contribution in [1.82, 2.24) is 9.97 Å². The first-order valence-electron chi connectivity index (χ1n) is 7.19. The zero-order valence-electron chi connectivity index (χ0n) is 13.4. The minimum Gasteiger partial charge on any atom is -0.497 e. The van der Waals surface area contributed by atoms with E-state index in [0.29, 0.717) is 31.1 Å². The van der Waals surface area contributed by atoms with E-state index in [9.17, 15) is 10.1 Å². The molecule has 0 aliphatic rings. The molecule has 9 nitrogen and oxygen atoms in total. The lowest BCUT2D eigenvalue weighted by atomic mass is 10.3. The predicted molar refractivity (Wildman–Crippen MR) is 86.7 cm³/mol. The molecule has 0 amide bonds. The number of rotatable bonds is 9. The van der Waals surface area contributed by atoms with Gasteiger partial charge in [-0.1, -0.05) is 0 Å². The van der Waals surface area contributed by atoms with Crippen LogP contribution in [0.1, 0.15) is 6.42 Å². The van der Waals surface area contributed by atoms with E-state index in [2.05, 4.69) is 15.3 Å². The SMILES string of the molecule is COCCCNc1ncnc(Oc2ccc(OC)cc2)c1[N+](=O)[O-]. The average Bonchev–Trinajstić information content (AvgIpc) is 2.59. The summed E-state index contributed by atoms with van der Waals surface area (Å²) in [7, 11) is 3.14. The Hall–Kier alpha value is -2.94. The van der Waals surface area contributed by atoms with Crippen molar-refractivity contribution >= 4 is 11.5 Å². The van der Waals surface area contributed by atoms with Crippen LogP contribution in [-0.2, 0) is 4.74 Å². The Morgan fingerprint density at radius 1 is 1.17 bits per heavy atom. The number of nitrogens with one attached hydrogen (secondary N) is 1. The van der Waals surface area contributed by atoms with Crippen molar-refractivity contribution in [2.75, 3.05) is 32.7 Å². The second-order valence-corrected chi connectivity index (χ2v) is 4.68. The summed E-state index contributed by atoms with van der Waals surface area (Å²) in [4.78, 5) is 18.6. The molecule has 0 atom stereocenters. The third-order valence-electron chi connectivity index (χ3n) is 3.06. The molecule has 0 bridgehead atoms. The Balaban J connectivity index is 2.20. The van der Waals surface area contributed by atoms with E-state index in [0.717, 1.165) is 0 Å². The summed E-state index contributed by atoms with van der Waals surface area (Å²) in [5.41, 5.74) is -0.314. The Labute approximate surface area is 138 Å². The molecule has 2 aromatic rings. The summed E-state index contributed by atoms with van der Waals surface area (Å²) in [5, 5.41) is 14.3. The van der Waals surface area contributed by atoms with Crippen molar-refractivity contribution in [2.45, 2.75) is 6.42 Å². The van der Waals surface area contributed by atoms with Gasteiger partial charge in [0, 0.05) is 20.3 Å². The van der Waals surface area contributed by atoms with E-state index < -0.39 is 4.92 Å². The molecule has 1 N–H and O–H groups in total. The Kier molecular flexibility index (Phi) is 6.26. The summed E-state index contributed by atoms with van der Waals surface area (Å²) in [6, 6.07) is 6.64. The van der Waals surface area contributed by atoms with Crippen LogP contribution in [0.5, 0.6) is 17.4 Å². The Morgan fingerprint density at radius 3 is 2.50 bits per heavy atom. The van der Waals surface area contributed by atoms with Crippen LogP contribution in [0, 0.1) is 10.1 Å². The van der Waals surface area contributed by atoms with Gasteiger partial charge in [-0.05, 0) is 30.7 Å². The number of benzene rings is 1. The van der Waals surface area contributed by atoms with Crippen LogP contribution >= 0.6 is 0 Å². The number of ether oxygens (including phenoxy) is 3. The van der Waals surface area contributed by atoms with Gasteiger partial charge in [-0.25, -0.2) is 4.98 Å². The highest BCUT2D eigenvalue weighted by Gasteiger charge is 2.24. The molecule has 9 heteroatoms. The Bertz CT molecular complexity index is 678. The van der Waals surface area contributed by atoms with Crippen LogP contribution in [0.25, 0.3) is 0 Å². The minimum absolute atomic E-state index is 0.106. The molecule has 128 valence electrons. The highest BCUT2D eigenvalue weighted by Crippen LogP contribution is 2.34. The number of aromatic nitrogens is 2. The predicted octanol–water partition coefficient (Wildman–Crippen LogP) is 2.63. The molecule has 0 spiro atoms. The van der Waals surface area contributed by atoms with Crippen LogP contribution in [0.15, 0.2) is 30.6 Å². The topological polar surface area (TPSA) is 109 Å². The van der Waals surface area contributed by atoms with E-state index in [4.69, 9.17) is 14.2 Å². The van der Waals surface area contributed by atoms with Crippen molar-refractivity contribution in [3.8, 4) is 17.4 Å². The first-order valence-corrected chi connectivity index (χ1v) is 7.19. The molecular formula is C15H18N4O5. The molecule has 0 aliphatic carbocycles. The quantitative estimate of drug-likeness (QED) is 0.423. The number of nitrogens with zero attached hydrogens (tertiary/aromatic N) is 3. The minimum atomic E-state index is -0.572. The van der Waals surface area contributed by atoms with Crippen LogP contribution in [0.4, 0.5) is 11.5 Å². The van der Waals surface area contributed by atoms with Gasteiger partial charge in [0.1, 0.15) is 17.8 Å². The number of hydrogen-bond acceptors (Lipinski definition) is 8. The first kappa shape index (κ1) is 17.4. The molecular weight excluding hydrogens is 316 g/mol. The van der Waals surface area contributed by atoms with E-state index in [1.807, 2.05) is 0 Å². The fourth-order valence-electron chi connectivity index (χ4n) is 1.91. The van der Waals surface area contributed by atoms with Gasteiger partial charge in [0.05, 0.1) is 12.0 Å². The second-order valence-electron chi connectivity index (χ2n) is 4.68. The van der Waals surface area contributed by atoms with Gasteiger partial charge in [0.2, 0.25) is 5.82 Å². The van der Waals surface area contributed by atoms with Crippen molar-refractivity contribution < 1.29 is 19.1 Å². The second kappa shape index (κ2) is 8.63. The lowest BCUT2D eigenvalue weighted by Crippen LogP contribution is -2.09. The van der Waals surface area contributed by atoms with E-state index in [1.165, 1.54) is 6.33 Å². The lowest BCUT2D eigenvalue weighted by Gasteiger charge is -2.09. The van der Waals surface area contributed by atoms with Gasteiger partial charge in [-0.15, -0.1) is 0 Å². The van der Waals surface area contributed by atoms with Gasteiger partial charge in [-0.2, -0.15) is 4.98 Å². The molecule has 1 aromatic carbocycles. The normalized spacial score (nSPS) is 10.2. The fourth-order valence-corrected chi connectivity index (χ4v) is 1.91. The average molecular weight is 334 g/mol. The molecule has 24 heavy (non-hydrogen) atoms. The zero-order chi connectivity index (χ0) is 17.4. The van der Waals surface area contributed by atoms with Crippen LogP contribution in [-0.4, -0.2) is 42.3 Å². The van der Waals surface area contributed by atoms with Crippen LogP contribution in [0.2, 0.25) is 0 Å². The number of nitro groups is 1.